The lowest BCUT2D eigenvalue weighted by Crippen LogP contribution is -2.37. The Morgan fingerprint density at radius 1 is 1.16 bits per heavy atom. The molecule has 0 radical (unpaired) electrons. The Balaban J connectivity index is 1.86. The van der Waals surface area contributed by atoms with Gasteiger partial charge in [-0.05, 0) is 36.2 Å². The molecule has 1 amide bonds. The van der Waals surface area contributed by atoms with Gasteiger partial charge in [-0.15, -0.1) is 0 Å². The molecule has 0 aliphatic carbocycles. The minimum absolute atomic E-state index is 0.00140. The van der Waals surface area contributed by atoms with Gasteiger partial charge in [0.1, 0.15) is 11.9 Å². The minimum Gasteiger partial charge on any atom is -0.355 e. The van der Waals surface area contributed by atoms with E-state index in [1.807, 2.05) is 0 Å². The van der Waals surface area contributed by atoms with Crippen molar-refractivity contribution < 1.29 is 17.6 Å². The molecule has 0 unspecified atom stereocenters. The average molecular weight is 361 g/mol. The molecular weight excluding hydrogens is 345 g/mol. The summed E-state index contributed by atoms with van der Waals surface area (Å²) < 4.78 is 39.5. The molecule has 8 heteroatoms. The van der Waals surface area contributed by atoms with Crippen molar-refractivity contribution in [2.45, 2.75) is 11.3 Å². The summed E-state index contributed by atoms with van der Waals surface area (Å²) in [7, 11) is -3.96. The number of amides is 1. The van der Waals surface area contributed by atoms with E-state index in [1.165, 1.54) is 30.3 Å². The topological polar surface area (TPSA) is 99.1 Å². The van der Waals surface area contributed by atoms with Gasteiger partial charge in [-0.3, -0.25) is 4.79 Å². The van der Waals surface area contributed by atoms with Gasteiger partial charge in [-0.25, -0.2) is 17.5 Å². The lowest BCUT2D eigenvalue weighted by Gasteiger charge is -2.09. The van der Waals surface area contributed by atoms with Crippen LogP contribution in [0, 0.1) is 17.1 Å². The second-order valence-electron chi connectivity index (χ2n) is 5.16. The molecule has 0 fully saturated rings. The van der Waals surface area contributed by atoms with E-state index in [9.17, 15) is 17.6 Å². The molecule has 130 valence electrons. The largest absolute Gasteiger partial charge is 0.355 e. The van der Waals surface area contributed by atoms with Gasteiger partial charge < -0.3 is 5.32 Å². The summed E-state index contributed by atoms with van der Waals surface area (Å²) in [5.41, 5.74) is 0.727. The number of nitriles is 1. The van der Waals surface area contributed by atoms with E-state index in [-0.39, 0.29) is 22.8 Å². The quantitative estimate of drug-likeness (QED) is 0.777. The number of benzene rings is 2. The van der Waals surface area contributed by atoms with Crippen molar-refractivity contribution in [3.05, 3.63) is 65.5 Å². The van der Waals surface area contributed by atoms with Gasteiger partial charge in [0.25, 0.3) is 0 Å². The van der Waals surface area contributed by atoms with Crippen LogP contribution in [0.25, 0.3) is 0 Å². The summed E-state index contributed by atoms with van der Waals surface area (Å²) in [6, 6.07) is 13.5. The van der Waals surface area contributed by atoms with Crippen molar-refractivity contribution in [1.82, 2.24) is 10.0 Å². The van der Waals surface area contributed by atoms with E-state index in [0.717, 1.165) is 5.56 Å². The number of halogens is 1. The van der Waals surface area contributed by atoms with Crippen LogP contribution in [0.15, 0.2) is 53.4 Å². The highest BCUT2D eigenvalue weighted by Gasteiger charge is 2.18. The number of nitrogens with one attached hydrogen (secondary N) is 2. The summed E-state index contributed by atoms with van der Waals surface area (Å²) in [5.74, 6) is -0.873. The predicted molar refractivity (Wildman–Crippen MR) is 89.5 cm³/mol. The number of nitrogens with zero attached hydrogens (tertiary/aromatic N) is 1. The highest BCUT2D eigenvalue weighted by Crippen LogP contribution is 2.13. The van der Waals surface area contributed by atoms with Crippen LogP contribution in [-0.4, -0.2) is 27.4 Å². The fraction of sp³-hybridized carbons (Fsp3) is 0.176. The van der Waals surface area contributed by atoms with Crippen LogP contribution in [-0.2, 0) is 21.2 Å². The minimum atomic E-state index is -3.96. The summed E-state index contributed by atoms with van der Waals surface area (Å²) in [5, 5.41) is 11.5. The fourth-order valence-electron chi connectivity index (χ4n) is 2.13. The average Bonchev–Trinajstić information content (AvgIpc) is 2.60. The monoisotopic (exact) mass is 361 g/mol. The Labute approximate surface area is 145 Å². The number of rotatable bonds is 7. The van der Waals surface area contributed by atoms with E-state index in [4.69, 9.17) is 5.26 Å². The van der Waals surface area contributed by atoms with Crippen molar-refractivity contribution in [2.75, 3.05) is 13.1 Å². The SMILES string of the molecule is N#Cc1ccccc1S(=O)(=O)NCC(=O)NCCc1cccc(F)c1. The molecular formula is C17H16FN3O3S. The maximum Gasteiger partial charge on any atom is 0.242 e. The smallest absolute Gasteiger partial charge is 0.242 e. The van der Waals surface area contributed by atoms with E-state index >= 15 is 0 Å². The summed E-state index contributed by atoms with van der Waals surface area (Å²) in [4.78, 5) is 11.6. The standard InChI is InChI=1S/C17H16FN3O3S/c18-15-6-3-4-13(10-15)8-9-20-17(22)12-21-25(23,24)16-7-2-1-5-14(16)11-19/h1-7,10,21H,8-9,12H2,(H,20,22). The highest BCUT2D eigenvalue weighted by molar-refractivity contribution is 7.89. The van der Waals surface area contributed by atoms with Gasteiger partial charge in [0.15, 0.2) is 0 Å². The molecule has 25 heavy (non-hydrogen) atoms. The van der Waals surface area contributed by atoms with E-state index < -0.39 is 22.5 Å². The van der Waals surface area contributed by atoms with Crippen molar-refractivity contribution in [1.29, 1.82) is 5.26 Å². The molecule has 0 heterocycles. The normalized spacial score (nSPS) is 10.9. The molecule has 2 aromatic rings. The van der Waals surface area contributed by atoms with Crippen LogP contribution in [0.5, 0.6) is 0 Å². The molecule has 2 N–H and O–H groups in total. The zero-order valence-corrected chi connectivity index (χ0v) is 14.0. The maximum absolute atomic E-state index is 13.0. The van der Waals surface area contributed by atoms with E-state index in [2.05, 4.69) is 10.0 Å². The van der Waals surface area contributed by atoms with Crippen molar-refractivity contribution in [2.24, 2.45) is 0 Å². The third-order valence-corrected chi connectivity index (χ3v) is 4.80. The third kappa shape index (κ3) is 5.38. The Morgan fingerprint density at radius 2 is 1.92 bits per heavy atom. The van der Waals surface area contributed by atoms with Crippen LogP contribution < -0.4 is 10.0 Å². The van der Waals surface area contributed by atoms with E-state index in [0.29, 0.717) is 6.42 Å². The molecule has 0 aliphatic rings. The first-order valence-corrected chi connectivity index (χ1v) is 8.90. The second-order valence-corrected chi connectivity index (χ2v) is 6.90. The molecule has 0 aromatic heterocycles. The zero-order chi connectivity index (χ0) is 18.3. The second kappa shape index (κ2) is 8.37. The van der Waals surface area contributed by atoms with Gasteiger partial charge in [0.2, 0.25) is 15.9 Å². The fourth-order valence-corrected chi connectivity index (χ4v) is 3.27. The molecule has 0 aliphatic heterocycles. The molecule has 0 saturated carbocycles. The van der Waals surface area contributed by atoms with Gasteiger partial charge in [-0.2, -0.15) is 5.26 Å². The molecule has 0 spiro atoms. The number of carbonyl (C=O) groups excluding carboxylic acids is 1. The maximum atomic E-state index is 13.0. The molecule has 0 saturated heterocycles. The van der Waals surface area contributed by atoms with Gasteiger partial charge in [0, 0.05) is 6.54 Å². The summed E-state index contributed by atoms with van der Waals surface area (Å²) in [6.45, 7) is -0.204. The highest BCUT2D eigenvalue weighted by atomic mass is 32.2. The lowest BCUT2D eigenvalue weighted by molar-refractivity contribution is -0.119. The lowest BCUT2D eigenvalue weighted by atomic mass is 10.1. The van der Waals surface area contributed by atoms with Crippen LogP contribution >= 0.6 is 0 Å². The van der Waals surface area contributed by atoms with Crippen molar-refractivity contribution in [3.63, 3.8) is 0 Å². The third-order valence-electron chi connectivity index (χ3n) is 3.34. The molecule has 2 aromatic carbocycles. The van der Waals surface area contributed by atoms with Crippen LogP contribution in [0.2, 0.25) is 0 Å². The Hall–Kier alpha value is -2.76. The van der Waals surface area contributed by atoms with Crippen molar-refractivity contribution >= 4 is 15.9 Å². The number of hydrogen-bond donors (Lipinski definition) is 2. The van der Waals surface area contributed by atoms with Crippen LogP contribution in [0.4, 0.5) is 4.39 Å². The summed E-state index contributed by atoms with van der Waals surface area (Å²) >= 11 is 0. The predicted octanol–water partition coefficient (Wildman–Crippen LogP) is 1.33. The Morgan fingerprint density at radius 3 is 2.64 bits per heavy atom. The van der Waals surface area contributed by atoms with Crippen LogP contribution in [0.1, 0.15) is 11.1 Å². The molecule has 6 nitrogen and oxygen atoms in total. The molecule has 0 bridgehead atoms. The van der Waals surface area contributed by atoms with E-state index in [1.54, 1.807) is 24.3 Å². The Kier molecular flexibility index (Phi) is 6.22. The number of carbonyl (C=O) groups is 1. The first-order chi connectivity index (χ1) is 11.9. The number of sulfonamides is 1. The van der Waals surface area contributed by atoms with Gasteiger partial charge >= 0.3 is 0 Å². The van der Waals surface area contributed by atoms with Gasteiger partial charge in [-0.1, -0.05) is 24.3 Å². The van der Waals surface area contributed by atoms with Crippen LogP contribution in [0.3, 0.4) is 0 Å². The summed E-state index contributed by atoms with van der Waals surface area (Å²) in [6.07, 6.45) is 0.424. The van der Waals surface area contributed by atoms with Gasteiger partial charge in [0.05, 0.1) is 17.0 Å². The Bertz CT molecular complexity index is 907. The van der Waals surface area contributed by atoms with Crippen molar-refractivity contribution in [3.8, 4) is 6.07 Å². The zero-order valence-electron chi connectivity index (χ0n) is 13.2. The molecule has 0 atom stereocenters. The first kappa shape index (κ1) is 18.6. The number of hydrogen-bond acceptors (Lipinski definition) is 4. The molecule has 2 rings (SSSR count). The first-order valence-electron chi connectivity index (χ1n) is 7.42.